The minimum absolute atomic E-state index is 0. The Morgan fingerprint density at radius 1 is 0.938 bits per heavy atom. The van der Waals surface area contributed by atoms with Crippen molar-refractivity contribution in [3.63, 3.8) is 0 Å². The SMILES string of the molecule is C.C.C.C=Cc1cccc(C)c1C=C.CC. The molecule has 16 heavy (non-hydrogen) atoms. The molecule has 0 aliphatic carbocycles. The lowest BCUT2D eigenvalue weighted by Gasteiger charge is -2.03. The second-order valence-electron chi connectivity index (χ2n) is 2.49. The van der Waals surface area contributed by atoms with Gasteiger partial charge in [-0.25, -0.2) is 0 Å². The maximum atomic E-state index is 3.75. The Bertz CT molecular complexity index is 282. The third-order valence-electron chi connectivity index (χ3n) is 1.78. The highest BCUT2D eigenvalue weighted by Crippen LogP contribution is 2.15. The summed E-state index contributed by atoms with van der Waals surface area (Å²) < 4.78 is 0. The lowest BCUT2D eigenvalue weighted by Crippen LogP contribution is -1.83. The molecule has 1 rings (SSSR count). The Kier molecular flexibility index (Phi) is 20.6. The van der Waals surface area contributed by atoms with Crippen molar-refractivity contribution in [3.8, 4) is 0 Å². The third kappa shape index (κ3) is 6.23. The summed E-state index contributed by atoms with van der Waals surface area (Å²) in [6.07, 6.45) is 3.72. The van der Waals surface area contributed by atoms with Crippen molar-refractivity contribution in [2.24, 2.45) is 0 Å². The fourth-order valence-corrected chi connectivity index (χ4v) is 1.16. The van der Waals surface area contributed by atoms with Gasteiger partial charge in [-0.05, 0) is 23.6 Å². The quantitative estimate of drug-likeness (QED) is 0.557. The Morgan fingerprint density at radius 2 is 1.44 bits per heavy atom. The van der Waals surface area contributed by atoms with E-state index in [0.717, 1.165) is 5.56 Å². The summed E-state index contributed by atoms with van der Waals surface area (Å²) in [6.45, 7) is 13.6. The highest BCUT2D eigenvalue weighted by atomic mass is 14.0. The molecule has 0 radical (unpaired) electrons. The van der Waals surface area contributed by atoms with Crippen molar-refractivity contribution in [2.75, 3.05) is 0 Å². The van der Waals surface area contributed by atoms with Crippen LogP contribution in [0.25, 0.3) is 12.2 Å². The lowest BCUT2D eigenvalue weighted by molar-refractivity contribution is 1.43. The summed E-state index contributed by atoms with van der Waals surface area (Å²) in [5, 5.41) is 0. The average Bonchev–Trinajstić information content (AvgIpc) is 2.20. The molecule has 0 atom stereocenters. The van der Waals surface area contributed by atoms with E-state index in [1.54, 1.807) is 0 Å². The van der Waals surface area contributed by atoms with Crippen molar-refractivity contribution in [1.82, 2.24) is 0 Å². The summed E-state index contributed by atoms with van der Waals surface area (Å²) in [5.41, 5.74) is 3.58. The van der Waals surface area contributed by atoms with Gasteiger partial charge in [-0.1, -0.05) is 79.6 Å². The van der Waals surface area contributed by atoms with E-state index in [4.69, 9.17) is 0 Å². The van der Waals surface area contributed by atoms with Gasteiger partial charge in [0, 0.05) is 0 Å². The first kappa shape index (κ1) is 24.1. The minimum atomic E-state index is 0. The topological polar surface area (TPSA) is 0 Å². The summed E-state index contributed by atoms with van der Waals surface area (Å²) >= 11 is 0. The maximum Gasteiger partial charge on any atom is -0.0161 e. The predicted octanol–water partition coefficient (Wildman–Crippen LogP) is 6.22. The zero-order valence-corrected chi connectivity index (χ0v) is 8.80. The van der Waals surface area contributed by atoms with Crippen LogP contribution in [0, 0.1) is 6.92 Å². The second kappa shape index (κ2) is 13.7. The predicted molar refractivity (Wildman–Crippen MR) is 82.9 cm³/mol. The fraction of sp³-hybridized carbons (Fsp3) is 0.375. The van der Waals surface area contributed by atoms with E-state index in [-0.39, 0.29) is 22.3 Å². The molecule has 0 N–H and O–H groups in total. The standard InChI is InChI=1S/C11H12.C2H6.3CH4/c1-4-10-8-6-7-9(3)11(10)5-2;1-2;;;/h4-8H,1-2H2,3H3;1-2H3;3*1H4. The first-order valence-corrected chi connectivity index (χ1v) is 4.64. The smallest absolute Gasteiger partial charge is 0.0161 e. The normalized spacial score (nSPS) is 6.69. The Morgan fingerprint density at radius 3 is 1.75 bits per heavy atom. The van der Waals surface area contributed by atoms with Crippen molar-refractivity contribution in [2.45, 2.75) is 43.1 Å². The largest absolute Gasteiger partial charge is 0.0984 e. The summed E-state index contributed by atoms with van der Waals surface area (Å²) in [4.78, 5) is 0. The van der Waals surface area contributed by atoms with Gasteiger partial charge in [-0.3, -0.25) is 0 Å². The van der Waals surface area contributed by atoms with E-state index in [1.165, 1.54) is 11.1 Å². The van der Waals surface area contributed by atoms with Gasteiger partial charge in [0.25, 0.3) is 0 Å². The van der Waals surface area contributed by atoms with Gasteiger partial charge < -0.3 is 0 Å². The molecule has 0 bridgehead atoms. The molecule has 0 aromatic heterocycles. The first-order valence-electron chi connectivity index (χ1n) is 4.64. The molecule has 0 heteroatoms. The molecule has 0 saturated heterocycles. The Hall–Kier alpha value is -1.30. The third-order valence-corrected chi connectivity index (χ3v) is 1.78. The summed E-state index contributed by atoms with van der Waals surface area (Å²) in [6, 6.07) is 6.14. The van der Waals surface area contributed by atoms with Crippen LogP contribution in [-0.4, -0.2) is 0 Å². The van der Waals surface area contributed by atoms with E-state index in [0.29, 0.717) is 0 Å². The highest BCUT2D eigenvalue weighted by molar-refractivity contribution is 5.65. The molecule has 0 aliphatic rings. The number of hydrogen-bond acceptors (Lipinski definition) is 0. The zero-order valence-electron chi connectivity index (χ0n) is 8.80. The van der Waals surface area contributed by atoms with Crippen LogP contribution < -0.4 is 0 Å². The van der Waals surface area contributed by atoms with Gasteiger partial charge >= 0.3 is 0 Å². The van der Waals surface area contributed by atoms with Crippen molar-refractivity contribution in [1.29, 1.82) is 0 Å². The first-order chi connectivity index (χ1) is 6.29. The van der Waals surface area contributed by atoms with E-state index in [2.05, 4.69) is 26.1 Å². The molecule has 1 aromatic rings. The van der Waals surface area contributed by atoms with E-state index >= 15 is 0 Å². The lowest BCUT2D eigenvalue weighted by atomic mass is 10.0. The van der Waals surface area contributed by atoms with Gasteiger partial charge in [0.2, 0.25) is 0 Å². The minimum Gasteiger partial charge on any atom is -0.0984 e. The van der Waals surface area contributed by atoms with E-state index < -0.39 is 0 Å². The van der Waals surface area contributed by atoms with Gasteiger partial charge in [-0.15, -0.1) is 0 Å². The molecule has 0 saturated carbocycles. The maximum absolute atomic E-state index is 3.75. The molecule has 94 valence electrons. The monoisotopic (exact) mass is 222 g/mol. The van der Waals surface area contributed by atoms with Crippen LogP contribution in [0.5, 0.6) is 0 Å². The highest BCUT2D eigenvalue weighted by Gasteiger charge is 1.96. The molecule has 0 spiro atoms. The van der Waals surface area contributed by atoms with Gasteiger partial charge in [0.05, 0.1) is 0 Å². The molecule has 0 unspecified atom stereocenters. The van der Waals surface area contributed by atoms with Gasteiger partial charge in [-0.2, -0.15) is 0 Å². The molecule has 0 amide bonds. The van der Waals surface area contributed by atoms with Gasteiger partial charge in [0.15, 0.2) is 0 Å². The number of aryl methyl sites for hydroxylation is 1. The van der Waals surface area contributed by atoms with E-state index in [1.807, 2.05) is 38.1 Å². The summed E-state index contributed by atoms with van der Waals surface area (Å²) in [7, 11) is 0. The van der Waals surface area contributed by atoms with E-state index in [9.17, 15) is 0 Å². The fourth-order valence-electron chi connectivity index (χ4n) is 1.16. The van der Waals surface area contributed by atoms with Crippen molar-refractivity contribution in [3.05, 3.63) is 48.0 Å². The van der Waals surface area contributed by atoms with Crippen molar-refractivity contribution < 1.29 is 0 Å². The molecule has 0 nitrogen and oxygen atoms in total. The molecule has 0 aliphatic heterocycles. The molecule has 0 fully saturated rings. The molecular formula is C16H30. The number of rotatable bonds is 2. The van der Waals surface area contributed by atoms with Crippen LogP contribution in [0.2, 0.25) is 0 Å². The van der Waals surface area contributed by atoms with Crippen LogP contribution in [0.1, 0.15) is 52.8 Å². The van der Waals surface area contributed by atoms with Gasteiger partial charge in [0.1, 0.15) is 0 Å². The zero-order chi connectivity index (χ0) is 10.3. The number of hydrogen-bond donors (Lipinski definition) is 0. The summed E-state index contributed by atoms with van der Waals surface area (Å²) in [5.74, 6) is 0. The average molecular weight is 222 g/mol. The Balaban J connectivity index is -0.000000136. The van der Waals surface area contributed by atoms with Crippen LogP contribution in [0.15, 0.2) is 31.4 Å². The Labute approximate surface area is 104 Å². The van der Waals surface area contributed by atoms with Crippen LogP contribution in [-0.2, 0) is 0 Å². The molecule has 0 heterocycles. The van der Waals surface area contributed by atoms with Crippen LogP contribution >= 0.6 is 0 Å². The van der Waals surface area contributed by atoms with Crippen LogP contribution in [0.4, 0.5) is 0 Å². The van der Waals surface area contributed by atoms with Crippen LogP contribution in [0.3, 0.4) is 0 Å². The molecular weight excluding hydrogens is 192 g/mol. The molecule has 1 aromatic carbocycles. The number of benzene rings is 1. The van der Waals surface area contributed by atoms with Crippen molar-refractivity contribution >= 4 is 12.2 Å². The second-order valence-corrected chi connectivity index (χ2v) is 2.49.